The number of likely N-dealkylation sites (tertiary alicyclic amines) is 1. The Labute approximate surface area is 266 Å². The zero-order valence-corrected chi connectivity index (χ0v) is 24.9. The molecule has 15 heteroatoms. The van der Waals surface area contributed by atoms with E-state index < -0.39 is 51.0 Å². The fraction of sp³-hybridized carbons (Fsp3) is 0.250. The third-order valence-electron chi connectivity index (χ3n) is 8.74. The molecule has 2 fully saturated rings. The van der Waals surface area contributed by atoms with Gasteiger partial charge < -0.3 is 20.0 Å². The maximum absolute atomic E-state index is 14.1. The first kappa shape index (κ1) is 31.0. The number of fused-ring (bicyclic) bond motifs is 1. The van der Waals surface area contributed by atoms with Gasteiger partial charge in [-0.15, -0.1) is 0 Å². The van der Waals surface area contributed by atoms with Crippen LogP contribution in [-0.4, -0.2) is 59.3 Å². The van der Waals surface area contributed by atoms with Crippen molar-refractivity contribution >= 4 is 29.3 Å². The van der Waals surface area contributed by atoms with Crippen LogP contribution in [0.1, 0.15) is 23.0 Å². The molecule has 240 valence electrons. The first-order valence-electron chi connectivity index (χ1n) is 14.6. The number of nitro benzene ring substituents is 1. The Morgan fingerprint density at radius 2 is 1.60 bits per heavy atom. The van der Waals surface area contributed by atoms with Gasteiger partial charge in [0.05, 0.1) is 23.3 Å². The number of ether oxygens (including phenoxy) is 1. The lowest BCUT2D eigenvalue weighted by atomic mass is 9.76. The number of para-hydroxylation sites is 1. The number of aliphatic carboxylic acids is 1. The van der Waals surface area contributed by atoms with Crippen LogP contribution in [0.5, 0.6) is 11.5 Å². The summed E-state index contributed by atoms with van der Waals surface area (Å²) in [7, 11) is 0. The number of nitrogens with zero attached hydrogens (tertiary/aromatic N) is 5. The summed E-state index contributed by atoms with van der Waals surface area (Å²) in [5.41, 5.74) is -1.22. The average molecular weight is 641 g/mol. The Bertz CT molecular complexity index is 1880. The number of rotatable bonds is 11. The third kappa shape index (κ3) is 5.56. The number of hydrogen-bond acceptors (Lipinski definition) is 10. The maximum Gasteiger partial charge on any atom is 0.342 e. The number of nitrogens with one attached hydrogen (secondary N) is 1. The second-order valence-electron chi connectivity index (χ2n) is 11.4. The first-order valence-corrected chi connectivity index (χ1v) is 14.6. The minimum atomic E-state index is -1.97. The lowest BCUT2D eigenvalue weighted by Gasteiger charge is -2.31. The van der Waals surface area contributed by atoms with Gasteiger partial charge in [-0.3, -0.25) is 34.7 Å². The Morgan fingerprint density at radius 3 is 2.21 bits per heavy atom. The van der Waals surface area contributed by atoms with Crippen molar-refractivity contribution in [3.05, 3.63) is 122 Å². The average Bonchev–Trinajstić information content (AvgIpc) is 3.68. The van der Waals surface area contributed by atoms with Crippen LogP contribution in [0.3, 0.4) is 0 Å². The van der Waals surface area contributed by atoms with Crippen molar-refractivity contribution in [3.63, 3.8) is 0 Å². The lowest BCUT2D eigenvalue weighted by molar-refractivity contribution is -0.392. The molecule has 0 radical (unpaired) electrons. The molecule has 6 rings (SSSR count). The minimum Gasteiger partial charge on any atom is -0.480 e. The van der Waals surface area contributed by atoms with Gasteiger partial charge in [0.25, 0.3) is 5.69 Å². The van der Waals surface area contributed by atoms with E-state index in [4.69, 9.17) is 4.74 Å². The Morgan fingerprint density at radius 1 is 0.936 bits per heavy atom. The molecule has 2 N–H and O–H groups in total. The van der Waals surface area contributed by atoms with E-state index in [2.05, 4.69) is 10.3 Å². The van der Waals surface area contributed by atoms with Crippen molar-refractivity contribution in [2.45, 2.75) is 31.5 Å². The van der Waals surface area contributed by atoms with Crippen molar-refractivity contribution < 1.29 is 34.1 Å². The van der Waals surface area contributed by atoms with Crippen LogP contribution in [-0.2, 0) is 27.3 Å². The second kappa shape index (κ2) is 12.1. The van der Waals surface area contributed by atoms with Crippen LogP contribution in [0, 0.1) is 39.0 Å². The number of imidazole rings is 1. The highest BCUT2D eigenvalue weighted by Gasteiger charge is 2.68. The summed E-state index contributed by atoms with van der Waals surface area (Å²) in [5, 5.41) is 36.6. The predicted molar refractivity (Wildman–Crippen MR) is 163 cm³/mol. The van der Waals surface area contributed by atoms with Crippen molar-refractivity contribution in [2.24, 2.45) is 11.8 Å². The van der Waals surface area contributed by atoms with E-state index in [0.717, 1.165) is 11.1 Å². The van der Waals surface area contributed by atoms with Gasteiger partial charge in [-0.05, 0) is 40.3 Å². The number of benzene rings is 3. The molecule has 2 amide bonds. The zero-order chi connectivity index (χ0) is 33.5. The minimum absolute atomic E-state index is 0.120. The van der Waals surface area contributed by atoms with Crippen LogP contribution in [0.4, 0.5) is 11.5 Å². The molecular weight excluding hydrogens is 612 g/mol. The molecule has 3 aromatic carbocycles. The van der Waals surface area contributed by atoms with Crippen LogP contribution in [0.25, 0.3) is 0 Å². The van der Waals surface area contributed by atoms with Crippen molar-refractivity contribution in [2.75, 3.05) is 6.54 Å². The Hall–Kier alpha value is -5.96. The van der Waals surface area contributed by atoms with Gasteiger partial charge in [-0.1, -0.05) is 42.5 Å². The topological polar surface area (TPSA) is 200 Å². The monoisotopic (exact) mass is 640 g/mol. The number of carboxylic acid groups (broad SMARTS) is 1. The van der Waals surface area contributed by atoms with E-state index in [9.17, 15) is 39.7 Å². The quantitative estimate of drug-likeness (QED) is 0.137. The van der Waals surface area contributed by atoms with Crippen molar-refractivity contribution in [1.82, 2.24) is 19.8 Å². The lowest BCUT2D eigenvalue weighted by Crippen LogP contribution is -2.57. The molecule has 0 spiro atoms. The van der Waals surface area contributed by atoms with Gasteiger partial charge >= 0.3 is 11.8 Å². The van der Waals surface area contributed by atoms with Crippen molar-refractivity contribution in [3.8, 4) is 11.5 Å². The Balaban J connectivity index is 1.36. The molecule has 15 nitrogen and oxygen atoms in total. The van der Waals surface area contributed by atoms with Crippen LogP contribution >= 0.6 is 0 Å². The number of carboxylic acids is 1. The first-order chi connectivity index (χ1) is 22.5. The molecule has 0 bridgehead atoms. The van der Waals surface area contributed by atoms with E-state index >= 15 is 0 Å². The van der Waals surface area contributed by atoms with E-state index in [1.165, 1.54) is 28.8 Å². The highest BCUT2D eigenvalue weighted by Crippen LogP contribution is 2.50. The van der Waals surface area contributed by atoms with Crippen LogP contribution in [0.2, 0.25) is 0 Å². The second-order valence-corrected chi connectivity index (χ2v) is 11.4. The summed E-state index contributed by atoms with van der Waals surface area (Å²) in [5.74, 6) is -4.10. The number of non-ortho nitro benzene ring substituents is 1. The van der Waals surface area contributed by atoms with Gasteiger partial charge in [0, 0.05) is 31.5 Å². The number of aryl methyl sites for hydroxylation is 1. The van der Waals surface area contributed by atoms with Gasteiger partial charge in [0.1, 0.15) is 29.8 Å². The highest BCUT2D eigenvalue weighted by molar-refractivity contribution is 6.09. The number of imide groups is 1. The van der Waals surface area contributed by atoms with E-state index in [0.29, 0.717) is 28.5 Å². The number of nitro groups is 2. The number of carbonyl (C=O) groups is 3. The normalized spacial score (nSPS) is 21.9. The molecule has 3 heterocycles. The molecule has 4 aromatic rings. The van der Waals surface area contributed by atoms with E-state index in [1.54, 1.807) is 43.3 Å². The molecule has 0 aliphatic carbocycles. The fourth-order valence-electron chi connectivity index (χ4n) is 6.51. The van der Waals surface area contributed by atoms with Gasteiger partial charge in [-0.25, -0.2) is 9.55 Å². The highest BCUT2D eigenvalue weighted by atomic mass is 16.6. The van der Waals surface area contributed by atoms with Gasteiger partial charge in [0.15, 0.2) is 5.82 Å². The predicted octanol–water partition coefficient (Wildman–Crippen LogP) is 3.81. The number of amides is 2. The number of hydrogen-bond donors (Lipinski definition) is 2. The number of aromatic nitrogens is 2. The molecule has 2 aliphatic rings. The van der Waals surface area contributed by atoms with E-state index in [-0.39, 0.29) is 31.0 Å². The van der Waals surface area contributed by atoms with Gasteiger partial charge in [-0.2, -0.15) is 0 Å². The SMILES string of the molecule is Cc1ncc([N+](=O)[O-])n1CCN1C(=O)C2C(c3ccc(Oc4ccccc4)cc3)NC(Cc3ccc([N+](=O)[O-])cc3)(C(=O)O)C2C1=O. The maximum atomic E-state index is 14.1. The van der Waals surface area contributed by atoms with E-state index in [1.807, 2.05) is 18.2 Å². The summed E-state index contributed by atoms with van der Waals surface area (Å²) in [6, 6.07) is 20.2. The Kier molecular flexibility index (Phi) is 7.99. The summed E-state index contributed by atoms with van der Waals surface area (Å²) >= 11 is 0. The molecule has 2 aliphatic heterocycles. The smallest absolute Gasteiger partial charge is 0.342 e. The third-order valence-corrected chi connectivity index (χ3v) is 8.74. The largest absolute Gasteiger partial charge is 0.480 e. The molecule has 2 saturated heterocycles. The molecule has 4 unspecified atom stereocenters. The fourth-order valence-corrected chi connectivity index (χ4v) is 6.51. The molecule has 1 aromatic heterocycles. The standard InChI is InChI=1S/C32H28N6O9/c1-19-33-18-25(38(45)46)35(19)15-16-36-29(39)26-27(30(36)40)32(31(41)42,17-20-7-11-22(12-8-20)37(43)44)34-28(26)21-9-13-24(14-10-21)47-23-5-3-2-4-6-23/h2-14,18,26-28,34H,15-17H2,1H3,(H,41,42). The summed E-state index contributed by atoms with van der Waals surface area (Å²) < 4.78 is 7.15. The zero-order valence-electron chi connectivity index (χ0n) is 24.9. The number of carbonyl (C=O) groups excluding carboxylic acids is 2. The molecule has 47 heavy (non-hydrogen) atoms. The molecular formula is C32H28N6O9. The van der Waals surface area contributed by atoms with Gasteiger partial charge in [0.2, 0.25) is 11.8 Å². The molecule has 4 atom stereocenters. The van der Waals surface area contributed by atoms with Crippen molar-refractivity contribution in [1.29, 1.82) is 0 Å². The summed E-state index contributed by atoms with van der Waals surface area (Å²) in [6.45, 7) is 1.19. The van der Waals surface area contributed by atoms with Crippen LogP contribution < -0.4 is 10.1 Å². The summed E-state index contributed by atoms with van der Waals surface area (Å²) in [6.07, 6.45) is 0.828. The van der Waals surface area contributed by atoms with Crippen LogP contribution in [0.15, 0.2) is 85.1 Å². The molecule has 0 saturated carbocycles. The summed E-state index contributed by atoms with van der Waals surface area (Å²) in [4.78, 5) is 67.8.